The molecule has 2 aromatic heterocycles. The number of benzene rings is 3. The predicted molar refractivity (Wildman–Crippen MR) is 147 cm³/mol. The lowest BCUT2D eigenvalue weighted by Gasteiger charge is -2.16. The first kappa shape index (κ1) is 24.3. The van der Waals surface area contributed by atoms with Crippen LogP contribution in [0.1, 0.15) is 27.3 Å². The molecule has 7 heteroatoms. The van der Waals surface area contributed by atoms with Crippen molar-refractivity contribution in [3.63, 3.8) is 0 Å². The maximum Gasteiger partial charge on any atom is 0.254 e. The summed E-state index contributed by atoms with van der Waals surface area (Å²) in [6, 6.07) is 24.6. The van der Waals surface area contributed by atoms with Crippen LogP contribution in [0.15, 0.2) is 89.9 Å². The first-order valence-corrected chi connectivity index (χ1v) is 12.1. The Kier molecular flexibility index (Phi) is 6.51. The number of carbonyl (C=O) groups is 1. The van der Waals surface area contributed by atoms with Gasteiger partial charge in [-0.25, -0.2) is 0 Å². The van der Waals surface area contributed by atoms with Crippen molar-refractivity contribution in [2.45, 2.75) is 20.5 Å². The highest BCUT2D eigenvalue weighted by molar-refractivity contribution is 6.32. The quantitative estimate of drug-likeness (QED) is 0.304. The van der Waals surface area contributed by atoms with Crippen LogP contribution in [-0.4, -0.2) is 15.5 Å². The summed E-state index contributed by atoms with van der Waals surface area (Å²) in [6.45, 7) is 4.28. The van der Waals surface area contributed by atoms with Crippen LogP contribution < -0.4 is 15.9 Å². The van der Waals surface area contributed by atoms with E-state index in [1.54, 1.807) is 28.8 Å². The molecule has 0 unspecified atom stereocenters. The van der Waals surface area contributed by atoms with E-state index in [-0.39, 0.29) is 5.56 Å². The number of ether oxygens (including phenoxy) is 1. The molecule has 2 heterocycles. The van der Waals surface area contributed by atoms with Gasteiger partial charge in [0.1, 0.15) is 17.9 Å². The zero-order chi connectivity index (χ0) is 26.1. The van der Waals surface area contributed by atoms with Crippen LogP contribution in [0.25, 0.3) is 27.7 Å². The molecule has 0 aliphatic carbocycles. The molecule has 2 N–H and O–H groups in total. The number of aromatic nitrogens is 2. The Hall–Kier alpha value is -4.42. The second-order valence-electron chi connectivity index (χ2n) is 8.86. The number of aryl methyl sites for hydroxylation is 2. The Morgan fingerprint density at radius 2 is 1.68 bits per heavy atom. The predicted octanol–water partition coefficient (Wildman–Crippen LogP) is 6.00. The molecule has 0 bridgehead atoms. The highest BCUT2D eigenvalue weighted by Crippen LogP contribution is 2.31. The van der Waals surface area contributed by atoms with Gasteiger partial charge in [-0.2, -0.15) is 0 Å². The zero-order valence-corrected chi connectivity index (χ0v) is 21.1. The Balaban J connectivity index is 1.63. The average Bonchev–Trinajstić information content (AvgIpc) is 2.88. The van der Waals surface area contributed by atoms with E-state index < -0.39 is 11.3 Å². The van der Waals surface area contributed by atoms with E-state index in [2.05, 4.69) is 4.98 Å². The summed E-state index contributed by atoms with van der Waals surface area (Å²) >= 11 is 6.71. The second kappa shape index (κ2) is 9.91. The summed E-state index contributed by atoms with van der Waals surface area (Å²) < 4.78 is 7.63. The van der Waals surface area contributed by atoms with Crippen molar-refractivity contribution in [2.75, 3.05) is 0 Å². The summed E-state index contributed by atoms with van der Waals surface area (Å²) in [5.41, 5.74) is 10.9. The minimum atomic E-state index is -0.802. The molecule has 0 atom stereocenters. The molecule has 0 saturated carbocycles. The van der Waals surface area contributed by atoms with Gasteiger partial charge >= 0.3 is 0 Å². The topological polar surface area (TPSA) is 87.2 Å². The summed E-state index contributed by atoms with van der Waals surface area (Å²) in [7, 11) is 0. The van der Waals surface area contributed by atoms with Crippen molar-refractivity contribution >= 4 is 28.4 Å². The lowest BCUT2D eigenvalue weighted by molar-refractivity contribution is 0.0999. The van der Waals surface area contributed by atoms with E-state index in [1.807, 2.05) is 68.4 Å². The Labute approximate surface area is 218 Å². The number of fused-ring (bicyclic) bond motifs is 1. The number of nitrogens with two attached hydrogens (primary N) is 1. The molecular weight excluding hydrogens is 486 g/mol. The van der Waals surface area contributed by atoms with Gasteiger partial charge in [-0.15, -0.1) is 0 Å². The first-order valence-electron chi connectivity index (χ1n) is 11.7. The number of hydrogen-bond donors (Lipinski definition) is 1. The fraction of sp³-hybridized carbons (Fsp3) is 0.100. The van der Waals surface area contributed by atoms with Gasteiger partial charge in [0.15, 0.2) is 0 Å². The van der Waals surface area contributed by atoms with Gasteiger partial charge in [-0.3, -0.25) is 14.6 Å². The standard InChI is InChI=1S/C30H24ClN3O3/c1-18-12-22(13-19(2)33-18)21-8-10-24-28(14-21)34(16-25(29(24)35)30(32)36)27-11-9-23(15-26(27)31)37-17-20-6-4-3-5-7-20/h3-16H,17H2,1-2H3,(H2,32,36). The molecular formula is C30H24ClN3O3. The van der Waals surface area contributed by atoms with Crippen LogP contribution in [0.2, 0.25) is 5.02 Å². The fourth-order valence-corrected chi connectivity index (χ4v) is 4.66. The molecule has 0 aliphatic rings. The molecule has 37 heavy (non-hydrogen) atoms. The molecule has 0 fully saturated rings. The highest BCUT2D eigenvalue weighted by Gasteiger charge is 2.17. The van der Waals surface area contributed by atoms with Gasteiger partial charge in [0.25, 0.3) is 5.91 Å². The molecule has 5 aromatic rings. The van der Waals surface area contributed by atoms with E-state index in [1.165, 1.54) is 6.20 Å². The summed E-state index contributed by atoms with van der Waals surface area (Å²) in [5, 5.41) is 0.759. The number of hydrogen-bond acceptors (Lipinski definition) is 4. The van der Waals surface area contributed by atoms with Crippen LogP contribution in [0.4, 0.5) is 0 Å². The minimum Gasteiger partial charge on any atom is -0.489 e. The number of pyridine rings is 2. The van der Waals surface area contributed by atoms with E-state index in [9.17, 15) is 9.59 Å². The van der Waals surface area contributed by atoms with E-state index >= 15 is 0 Å². The first-order chi connectivity index (χ1) is 17.8. The highest BCUT2D eigenvalue weighted by atomic mass is 35.5. The van der Waals surface area contributed by atoms with E-state index in [0.29, 0.717) is 34.0 Å². The second-order valence-corrected chi connectivity index (χ2v) is 9.27. The molecule has 0 spiro atoms. The van der Waals surface area contributed by atoms with Crippen molar-refractivity contribution in [2.24, 2.45) is 5.73 Å². The molecule has 0 radical (unpaired) electrons. The molecule has 0 aliphatic heterocycles. The van der Waals surface area contributed by atoms with Crippen LogP contribution in [0.5, 0.6) is 5.75 Å². The van der Waals surface area contributed by atoms with Crippen LogP contribution in [0, 0.1) is 13.8 Å². The molecule has 6 nitrogen and oxygen atoms in total. The van der Waals surface area contributed by atoms with Crippen molar-refractivity contribution in [1.29, 1.82) is 0 Å². The maximum absolute atomic E-state index is 13.1. The third-order valence-electron chi connectivity index (χ3n) is 6.11. The lowest BCUT2D eigenvalue weighted by atomic mass is 10.0. The number of nitrogens with zero attached hydrogens (tertiary/aromatic N) is 2. The molecule has 184 valence electrons. The number of carbonyl (C=O) groups excluding carboxylic acids is 1. The number of primary amides is 1. The van der Waals surface area contributed by atoms with E-state index in [0.717, 1.165) is 28.1 Å². The van der Waals surface area contributed by atoms with Gasteiger partial charge in [-0.1, -0.05) is 48.0 Å². The summed E-state index contributed by atoms with van der Waals surface area (Å²) in [4.78, 5) is 29.7. The van der Waals surface area contributed by atoms with Crippen molar-refractivity contribution in [1.82, 2.24) is 9.55 Å². The van der Waals surface area contributed by atoms with Gasteiger partial charge in [-0.05, 0) is 66.9 Å². The van der Waals surface area contributed by atoms with Gasteiger partial charge in [0, 0.05) is 29.0 Å². The maximum atomic E-state index is 13.1. The Morgan fingerprint density at radius 3 is 2.35 bits per heavy atom. The Morgan fingerprint density at radius 1 is 0.946 bits per heavy atom. The molecule has 5 rings (SSSR count). The summed E-state index contributed by atoms with van der Waals surface area (Å²) in [5.74, 6) is -0.203. The van der Waals surface area contributed by atoms with Crippen LogP contribution in [0.3, 0.4) is 0 Å². The average molecular weight is 510 g/mol. The van der Waals surface area contributed by atoms with E-state index in [4.69, 9.17) is 22.1 Å². The smallest absolute Gasteiger partial charge is 0.254 e. The largest absolute Gasteiger partial charge is 0.489 e. The number of halogens is 1. The van der Waals surface area contributed by atoms with Crippen molar-refractivity contribution < 1.29 is 9.53 Å². The number of amides is 1. The van der Waals surface area contributed by atoms with Gasteiger partial charge in [0.2, 0.25) is 5.43 Å². The third-order valence-corrected chi connectivity index (χ3v) is 6.41. The monoisotopic (exact) mass is 509 g/mol. The fourth-order valence-electron chi connectivity index (χ4n) is 4.39. The third kappa shape index (κ3) is 4.97. The molecule has 3 aromatic carbocycles. The lowest BCUT2D eigenvalue weighted by Crippen LogP contribution is -2.24. The van der Waals surface area contributed by atoms with Crippen molar-refractivity contribution in [3.05, 3.63) is 123 Å². The van der Waals surface area contributed by atoms with Gasteiger partial charge in [0.05, 0.1) is 16.2 Å². The normalized spacial score (nSPS) is 11.0. The Bertz CT molecular complexity index is 1690. The molecule has 1 amide bonds. The van der Waals surface area contributed by atoms with Crippen LogP contribution in [-0.2, 0) is 6.61 Å². The zero-order valence-electron chi connectivity index (χ0n) is 20.4. The minimum absolute atomic E-state index is 0.115. The number of rotatable bonds is 6. The van der Waals surface area contributed by atoms with Crippen LogP contribution >= 0.6 is 11.6 Å². The van der Waals surface area contributed by atoms with Crippen molar-refractivity contribution in [3.8, 4) is 22.6 Å². The van der Waals surface area contributed by atoms with Gasteiger partial charge < -0.3 is 15.0 Å². The summed E-state index contributed by atoms with van der Waals surface area (Å²) in [6.07, 6.45) is 1.45. The molecule has 0 saturated heterocycles. The SMILES string of the molecule is Cc1cc(-c2ccc3c(=O)c(C(N)=O)cn(-c4ccc(OCc5ccccc5)cc4Cl)c3c2)cc(C)n1.